The lowest BCUT2D eigenvalue weighted by Gasteiger charge is -2.16. The first kappa shape index (κ1) is 27.2. The number of aromatic nitrogens is 1. The number of methoxy groups -OCH3 is 1. The Hall–Kier alpha value is -4.33. The number of nitrogens with one attached hydrogen (secondary N) is 1. The van der Waals surface area contributed by atoms with Crippen LogP contribution in [0.1, 0.15) is 27.9 Å². The zero-order valence-electron chi connectivity index (χ0n) is 22.5. The molecule has 0 bridgehead atoms. The highest BCUT2D eigenvalue weighted by Crippen LogP contribution is 2.37. The number of carbonyl (C=O) groups excluding carboxylic acids is 1. The summed E-state index contributed by atoms with van der Waals surface area (Å²) in [5.41, 5.74) is 12.8. The summed E-state index contributed by atoms with van der Waals surface area (Å²) in [6, 6.07) is 28.7. The summed E-state index contributed by atoms with van der Waals surface area (Å²) in [6.07, 6.45) is 3.19. The van der Waals surface area contributed by atoms with Gasteiger partial charge in [0.25, 0.3) is 5.91 Å². The van der Waals surface area contributed by atoms with Crippen LogP contribution in [0.3, 0.4) is 0 Å². The fraction of sp³-hybridized carbons (Fsp3) is 0.152. The van der Waals surface area contributed by atoms with Crippen LogP contribution in [0, 0.1) is 6.92 Å². The topological polar surface area (TPSA) is 97.5 Å². The molecule has 0 unspecified atom stereocenters. The first-order chi connectivity index (χ1) is 19.4. The number of hydrogen-bond acceptors (Lipinski definition) is 6. The summed E-state index contributed by atoms with van der Waals surface area (Å²) in [4.78, 5) is 19.1. The maximum absolute atomic E-state index is 12.4. The van der Waals surface area contributed by atoms with E-state index in [1.807, 2.05) is 37.3 Å². The molecule has 202 valence electrons. The van der Waals surface area contributed by atoms with E-state index in [0.717, 1.165) is 55.9 Å². The minimum absolute atomic E-state index is 0.209. The van der Waals surface area contributed by atoms with E-state index in [1.165, 1.54) is 11.8 Å². The minimum Gasteiger partial charge on any atom is -0.497 e. The van der Waals surface area contributed by atoms with Crippen LogP contribution in [0.2, 0.25) is 0 Å². The number of rotatable bonds is 10. The summed E-state index contributed by atoms with van der Waals surface area (Å²) >= 11 is 1.65. The second-order valence-corrected chi connectivity index (χ2v) is 10.7. The van der Waals surface area contributed by atoms with Gasteiger partial charge in [0.1, 0.15) is 5.75 Å². The van der Waals surface area contributed by atoms with Crippen molar-refractivity contribution in [1.29, 1.82) is 0 Å². The predicted octanol–water partition coefficient (Wildman–Crippen LogP) is 7.14. The van der Waals surface area contributed by atoms with Gasteiger partial charge in [0.15, 0.2) is 0 Å². The molecule has 7 heteroatoms. The second kappa shape index (κ2) is 12.2. The molecule has 0 aliphatic carbocycles. The Labute approximate surface area is 238 Å². The van der Waals surface area contributed by atoms with E-state index >= 15 is 0 Å². The second-order valence-electron chi connectivity index (χ2n) is 9.55. The van der Waals surface area contributed by atoms with Gasteiger partial charge >= 0.3 is 0 Å². The summed E-state index contributed by atoms with van der Waals surface area (Å²) in [6.45, 7) is 2.23. The Morgan fingerprint density at radius 2 is 1.70 bits per heavy atom. The molecule has 0 atom stereocenters. The van der Waals surface area contributed by atoms with E-state index < -0.39 is 5.91 Å². The first-order valence-electron chi connectivity index (χ1n) is 13.1. The number of nitrogens with zero attached hydrogens (tertiary/aromatic N) is 1. The zero-order chi connectivity index (χ0) is 28.1. The number of pyridine rings is 1. The van der Waals surface area contributed by atoms with Crippen molar-refractivity contribution in [3.05, 3.63) is 108 Å². The number of aliphatic hydroxyl groups is 1. The molecule has 1 aromatic heterocycles. The number of nitrogens with two attached hydrogens (primary N) is 1. The standard InChI is InChI=1S/C33H31N3O3S/c1-21-17-28(40-27-14-12-24(13-15-27)23-10-8-22(9-11-23)5-4-16-37)19-29-31(21)35-20-30(33(34)38)32(29)36-25-6-3-7-26(18-25)39-2/h3,6-15,17-20,37H,4-5,16H2,1-2H3,(H2,34,38)(H,35,36). The Balaban J connectivity index is 1.45. The van der Waals surface area contributed by atoms with E-state index in [4.69, 9.17) is 15.6 Å². The number of aryl methyl sites for hydroxylation is 2. The van der Waals surface area contributed by atoms with Gasteiger partial charge < -0.3 is 20.9 Å². The van der Waals surface area contributed by atoms with Crippen molar-refractivity contribution in [2.75, 3.05) is 19.0 Å². The smallest absolute Gasteiger partial charge is 0.252 e. The van der Waals surface area contributed by atoms with Crippen LogP contribution in [0.25, 0.3) is 22.0 Å². The fourth-order valence-electron chi connectivity index (χ4n) is 4.67. The molecule has 0 saturated carbocycles. The number of primary amides is 1. The Morgan fingerprint density at radius 1 is 0.975 bits per heavy atom. The van der Waals surface area contributed by atoms with Gasteiger partial charge in [0.05, 0.1) is 23.9 Å². The third kappa shape index (κ3) is 6.11. The molecule has 5 aromatic rings. The molecule has 4 N–H and O–H groups in total. The molecule has 0 spiro atoms. The molecule has 0 aliphatic heterocycles. The average Bonchev–Trinajstić information content (AvgIpc) is 2.97. The maximum atomic E-state index is 12.4. The zero-order valence-corrected chi connectivity index (χ0v) is 23.3. The maximum Gasteiger partial charge on any atom is 0.252 e. The van der Waals surface area contributed by atoms with Crippen molar-refractivity contribution < 1.29 is 14.6 Å². The van der Waals surface area contributed by atoms with Crippen LogP contribution in [0.5, 0.6) is 5.75 Å². The number of aliphatic hydroxyl groups excluding tert-OH is 1. The Morgan fingerprint density at radius 3 is 2.38 bits per heavy atom. The SMILES string of the molecule is COc1cccc(Nc2c(C(N)=O)cnc3c(C)cc(Sc4ccc(-c5ccc(CCCO)cc5)cc4)cc23)c1. The molecule has 0 saturated heterocycles. The number of amides is 1. The Bertz CT molecular complexity index is 1650. The number of anilines is 2. The van der Waals surface area contributed by atoms with Gasteiger partial charge in [-0.2, -0.15) is 0 Å². The van der Waals surface area contributed by atoms with Gasteiger partial charge in [-0.25, -0.2) is 0 Å². The van der Waals surface area contributed by atoms with Crippen LogP contribution in [0.15, 0.2) is 101 Å². The largest absolute Gasteiger partial charge is 0.497 e. The van der Waals surface area contributed by atoms with E-state index in [9.17, 15) is 4.79 Å². The van der Waals surface area contributed by atoms with Crippen LogP contribution in [-0.2, 0) is 6.42 Å². The number of fused-ring (bicyclic) bond motifs is 1. The number of hydrogen-bond donors (Lipinski definition) is 3. The van der Waals surface area contributed by atoms with E-state index in [0.29, 0.717) is 17.0 Å². The van der Waals surface area contributed by atoms with Crippen molar-refractivity contribution >= 4 is 39.9 Å². The van der Waals surface area contributed by atoms with Crippen LogP contribution >= 0.6 is 11.8 Å². The van der Waals surface area contributed by atoms with E-state index in [1.54, 1.807) is 18.9 Å². The molecular weight excluding hydrogens is 518 g/mol. The highest BCUT2D eigenvalue weighted by molar-refractivity contribution is 7.99. The molecule has 40 heavy (non-hydrogen) atoms. The van der Waals surface area contributed by atoms with Gasteiger partial charge in [-0.1, -0.05) is 54.2 Å². The molecule has 6 nitrogen and oxygen atoms in total. The highest BCUT2D eigenvalue weighted by Gasteiger charge is 2.16. The van der Waals surface area contributed by atoms with Crippen molar-refractivity contribution in [3.63, 3.8) is 0 Å². The molecule has 1 heterocycles. The van der Waals surface area contributed by atoms with Gasteiger partial charge in [0.2, 0.25) is 0 Å². The monoisotopic (exact) mass is 549 g/mol. The van der Waals surface area contributed by atoms with Gasteiger partial charge in [-0.3, -0.25) is 9.78 Å². The van der Waals surface area contributed by atoms with Crippen molar-refractivity contribution in [3.8, 4) is 16.9 Å². The number of ether oxygens (including phenoxy) is 1. The lowest BCUT2D eigenvalue weighted by Crippen LogP contribution is -2.14. The predicted molar refractivity (Wildman–Crippen MR) is 163 cm³/mol. The molecule has 0 fully saturated rings. The minimum atomic E-state index is -0.549. The third-order valence-electron chi connectivity index (χ3n) is 6.74. The third-order valence-corrected chi connectivity index (χ3v) is 7.72. The molecular formula is C33H31N3O3S. The fourth-order valence-corrected chi connectivity index (χ4v) is 5.63. The highest BCUT2D eigenvalue weighted by atomic mass is 32.2. The molecule has 0 aliphatic rings. The summed E-state index contributed by atoms with van der Waals surface area (Å²) in [5.74, 6) is 0.157. The summed E-state index contributed by atoms with van der Waals surface area (Å²) in [5, 5.41) is 13.3. The molecule has 0 radical (unpaired) electrons. The average molecular weight is 550 g/mol. The van der Waals surface area contributed by atoms with Gasteiger partial charge in [-0.15, -0.1) is 0 Å². The quantitative estimate of drug-likeness (QED) is 0.171. The molecule has 4 aromatic carbocycles. The van der Waals surface area contributed by atoms with Crippen LogP contribution < -0.4 is 15.8 Å². The first-order valence-corrected chi connectivity index (χ1v) is 13.9. The van der Waals surface area contributed by atoms with Crippen molar-refractivity contribution in [2.24, 2.45) is 5.73 Å². The summed E-state index contributed by atoms with van der Waals surface area (Å²) < 4.78 is 5.36. The lowest BCUT2D eigenvalue weighted by atomic mass is 10.0. The van der Waals surface area contributed by atoms with Crippen molar-refractivity contribution in [1.82, 2.24) is 4.98 Å². The van der Waals surface area contributed by atoms with Crippen molar-refractivity contribution in [2.45, 2.75) is 29.6 Å². The molecule has 1 amide bonds. The van der Waals surface area contributed by atoms with Crippen LogP contribution in [-0.4, -0.2) is 29.7 Å². The van der Waals surface area contributed by atoms with E-state index in [-0.39, 0.29) is 6.61 Å². The van der Waals surface area contributed by atoms with Crippen LogP contribution in [0.4, 0.5) is 11.4 Å². The van der Waals surface area contributed by atoms with E-state index in [2.05, 4.69) is 64.9 Å². The normalized spacial score (nSPS) is 11.0. The Kier molecular flexibility index (Phi) is 8.34. The number of benzene rings is 4. The van der Waals surface area contributed by atoms with Gasteiger partial charge in [-0.05, 0) is 78.4 Å². The van der Waals surface area contributed by atoms with Gasteiger partial charge in [0, 0.05) is 39.7 Å². The lowest BCUT2D eigenvalue weighted by molar-refractivity contribution is 0.100. The molecule has 5 rings (SSSR count). The summed E-state index contributed by atoms with van der Waals surface area (Å²) in [7, 11) is 1.62. The number of carbonyl (C=O) groups is 1.